The number of aliphatic hydroxyl groups excluding tert-OH is 2. The summed E-state index contributed by atoms with van der Waals surface area (Å²) in [6.07, 6.45) is 4.95. The maximum Gasteiger partial charge on any atom is 0.255 e. The molecule has 0 spiro atoms. The Bertz CT molecular complexity index is 533. The third kappa shape index (κ3) is 3.35. The van der Waals surface area contributed by atoms with Crippen LogP contribution in [0.1, 0.15) is 28.8 Å². The molecule has 1 aliphatic rings. The highest BCUT2D eigenvalue weighted by Crippen LogP contribution is 2.19. The van der Waals surface area contributed by atoms with Crippen LogP contribution >= 0.6 is 0 Å². The lowest BCUT2D eigenvalue weighted by molar-refractivity contribution is 0.0620. The van der Waals surface area contributed by atoms with Crippen LogP contribution in [-0.2, 0) is 0 Å². The lowest BCUT2D eigenvalue weighted by Gasteiger charge is -2.32. The molecule has 2 N–H and O–H groups in total. The summed E-state index contributed by atoms with van der Waals surface area (Å²) in [5.74, 6) is 5.35. The molecule has 2 heterocycles. The Kier molecular flexibility index (Phi) is 5.10. The number of pyridine rings is 1. The number of carbonyl (C=O) groups is 1. The highest BCUT2D eigenvalue weighted by molar-refractivity contribution is 5.96. The predicted molar refractivity (Wildman–Crippen MR) is 73.9 cm³/mol. The number of aliphatic hydroxyl groups is 2. The maximum atomic E-state index is 12.5. The SMILES string of the molecule is O=C(c1ccncc1C#CCO)N1CCCC(CO)C1. The molecule has 1 saturated heterocycles. The average molecular weight is 274 g/mol. The lowest BCUT2D eigenvalue weighted by Crippen LogP contribution is -2.41. The number of amides is 1. The van der Waals surface area contributed by atoms with Crippen LogP contribution in [0.2, 0.25) is 0 Å². The van der Waals surface area contributed by atoms with Gasteiger partial charge in [0.05, 0.1) is 11.1 Å². The quantitative estimate of drug-likeness (QED) is 0.759. The van der Waals surface area contributed by atoms with E-state index in [4.69, 9.17) is 5.11 Å². The third-order valence-corrected chi connectivity index (χ3v) is 3.42. The zero-order valence-electron chi connectivity index (χ0n) is 11.2. The summed E-state index contributed by atoms with van der Waals surface area (Å²) >= 11 is 0. The summed E-state index contributed by atoms with van der Waals surface area (Å²) in [5, 5.41) is 18.0. The van der Waals surface area contributed by atoms with Crippen molar-refractivity contribution in [2.75, 3.05) is 26.3 Å². The Labute approximate surface area is 118 Å². The maximum absolute atomic E-state index is 12.5. The Morgan fingerprint density at radius 2 is 2.35 bits per heavy atom. The standard InChI is InChI=1S/C15H18N2O3/c18-8-2-4-13-9-16-6-5-14(13)15(20)17-7-1-3-12(10-17)11-19/h5-6,9,12,18-19H,1,3,7-8,10-11H2. The number of aromatic nitrogens is 1. The molecular formula is C15H18N2O3. The Hall–Kier alpha value is -1.90. The van der Waals surface area contributed by atoms with E-state index in [1.54, 1.807) is 17.2 Å². The summed E-state index contributed by atoms with van der Waals surface area (Å²) in [4.78, 5) is 18.2. The summed E-state index contributed by atoms with van der Waals surface area (Å²) in [5.41, 5.74) is 1.03. The predicted octanol–water partition coefficient (Wildman–Crippen LogP) is 0.270. The van der Waals surface area contributed by atoms with Crippen LogP contribution in [-0.4, -0.2) is 52.3 Å². The summed E-state index contributed by atoms with van der Waals surface area (Å²) in [6, 6.07) is 1.65. The fourth-order valence-corrected chi connectivity index (χ4v) is 2.38. The molecule has 5 heteroatoms. The fraction of sp³-hybridized carbons (Fsp3) is 0.467. The van der Waals surface area contributed by atoms with E-state index in [2.05, 4.69) is 16.8 Å². The van der Waals surface area contributed by atoms with E-state index < -0.39 is 0 Å². The van der Waals surface area contributed by atoms with E-state index in [0.29, 0.717) is 24.2 Å². The second-order valence-corrected chi connectivity index (χ2v) is 4.82. The van der Waals surface area contributed by atoms with E-state index in [1.165, 1.54) is 6.20 Å². The first-order valence-corrected chi connectivity index (χ1v) is 6.70. The van der Waals surface area contributed by atoms with E-state index in [9.17, 15) is 9.90 Å². The van der Waals surface area contributed by atoms with Crippen LogP contribution in [0.5, 0.6) is 0 Å². The van der Waals surface area contributed by atoms with Gasteiger partial charge in [0.2, 0.25) is 0 Å². The van der Waals surface area contributed by atoms with Crippen molar-refractivity contribution in [2.45, 2.75) is 12.8 Å². The molecule has 1 aromatic heterocycles. The molecule has 0 saturated carbocycles. The summed E-state index contributed by atoms with van der Waals surface area (Å²) in [7, 11) is 0. The number of nitrogens with zero attached hydrogens (tertiary/aromatic N) is 2. The summed E-state index contributed by atoms with van der Waals surface area (Å²) < 4.78 is 0. The highest BCUT2D eigenvalue weighted by Gasteiger charge is 2.25. The van der Waals surface area contributed by atoms with Gasteiger partial charge in [-0.3, -0.25) is 9.78 Å². The first kappa shape index (κ1) is 14.5. The van der Waals surface area contributed by atoms with Crippen molar-refractivity contribution in [2.24, 2.45) is 5.92 Å². The summed E-state index contributed by atoms with van der Waals surface area (Å²) in [6.45, 7) is 1.13. The van der Waals surface area contributed by atoms with Gasteiger partial charge in [0, 0.05) is 32.1 Å². The van der Waals surface area contributed by atoms with Crippen molar-refractivity contribution < 1.29 is 15.0 Å². The first-order chi connectivity index (χ1) is 9.76. The molecular weight excluding hydrogens is 256 g/mol. The number of rotatable bonds is 2. The Morgan fingerprint density at radius 1 is 1.50 bits per heavy atom. The minimum atomic E-state index is -0.251. The first-order valence-electron chi connectivity index (χ1n) is 6.70. The van der Waals surface area contributed by atoms with Crippen molar-refractivity contribution in [1.82, 2.24) is 9.88 Å². The molecule has 1 amide bonds. The molecule has 0 aromatic carbocycles. The zero-order chi connectivity index (χ0) is 14.4. The van der Waals surface area contributed by atoms with Gasteiger partial charge in [-0.1, -0.05) is 11.8 Å². The van der Waals surface area contributed by atoms with Crippen molar-refractivity contribution in [3.8, 4) is 11.8 Å². The normalized spacial score (nSPS) is 18.3. The van der Waals surface area contributed by atoms with Crippen molar-refractivity contribution in [3.05, 3.63) is 29.6 Å². The van der Waals surface area contributed by atoms with Crippen LogP contribution in [0.4, 0.5) is 0 Å². The van der Waals surface area contributed by atoms with Crippen molar-refractivity contribution in [1.29, 1.82) is 0 Å². The number of piperidine rings is 1. The molecule has 1 atom stereocenters. The van der Waals surface area contributed by atoms with E-state index in [-0.39, 0.29) is 25.0 Å². The fourth-order valence-electron chi connectivity index (χ4n) is 2.38. The third-order valence-electron chi connectivity index (χ3n) is 3.42. The highest BCUT2D eigenvalue weighted by atomic mass is 16.3. The van der Waals surface area contributed by atoms with Crippen LogP contribution in [0, 0.1) is 17.8 Å². The van der Waals surface area contributed by atoms with E-state index in [1.807, 2.05) is 0 Å². The number of hydrogen-bond acceptors (Lipinski definition) is 4. The van der Waals surface area contributed by atoms with Gasteiger partial charge in [0.15, 0.2) is 0 Å². The second kappa shape index (κ2) is 7.04. The number of carbonyl (C=O) groups excluding carboxylic acids is 1. The molecule has 106 valence electrons. The average Bonchev–Trinajstić information content (AvgIpc) is 2.52. The molecule has 1 aliphatic heterocycles. The molecule has 1 aromatic rings. The van der Waals surface area contributed by atoms with Crippen LogP contribution in [0.25, 0.3) is 0 Å². The van der Waals surface area contributed by atoms with E-state index >= 15 is 0 Å². The van der Waals surface area contributed by atoms with Gasteiger partial charge in [-0.2, -0.15) is 0 Å². The number of hydrogen-bond donors (Lipinski definition) is 2. The monoisotopic (exact) mass is 274 g/mol. The lowest BCUT2D eigenvalue weighted by atomic mass is 9.98. The molecule has 5 nitrogen and oxygen atoms in total. The van der Waals surface area contributed by atoms with E-state index in [0.717, 1.165) is 12.8 Å². The topological polar surface area (TPSA) is 73.7 Å². The zero-order valence-corrected chi connectivity index (χ0v) is 11.2. The largest absolute Gasteiger partial charge is 0.396 e. The molecule has 0 bridgehead atoms. The Balaban J connectivity index is 2.20. The van der Waals surface area contributed by atoms with Crippen LogP contribution < -0.4 is 0 Å². The second-order valence-electron chi connectivity index (χ2n) is 4.82. The molecule has 0 aliphatic carbocycles. The molecule has 1 unspecified atom stereocenters. The van der Waals surface area contributed by atoms with Gasteiger partial charge in [-0.05, 0) is 24.8 Å². The van der Waals surface area contributed by atoms with Crippen LogP contribution in [0.3, 0.4) is 0 Å². The molecule has 20 heavy (non-hydrogen) atoms. The van der Waals surface area contributed by atoms with Gasteiger partial charge < -0.3 is 15.1 Å². The van der Waals surface area contributed by atoms with Crippen molar-refractivity contribution in [3.63, 3.8) is 0 Å². The Morgan fingerprint density at radius 3 is 3.10 bits per heavy atom. The number of likely N-dealkylation sites (tertiary alicyclic amines) is 1. The van der Waals surface area contributed by atoms with Crippen LogP contribution in [0.15, 0.2) is 18.5 Å². The molecule has 2 rings (SSSR count). The van der Waals surface area contributed by atoms with Gasteiger partial charge in [-0.25, -0.2) is 0 Å². The van der Waals surface area contributed by atoms with Gasteiger partial charge >= 0.3 is 0 Å². The minimum absolute atomic E-state index is 0.0900. The van der Waals surface area contributed by atoms with Gasteiger partial charge in [-0.15, -0.1) is 0 Å². The smallest absolute Gasteiger partial charge is 0.255 e. The molecule has 0 radical (unpaired) electrons. The van der Waals surface area contributed by atoms with Gasteiger partial charge in [0.1, 0.15) is 6.61 Å². The van der Waals surface area contributed by atoms with Gasteiger partial charge in [0.25, 0.3) is 5.91 Å². The minimum Gasteiger partial charge on any atom is -0.396 e. The van der Waals surface area contributed by atoms with Crippen molar-refractivity contribution >= 4 is 5.91 Å². The molecule has 1 fully saturated rings.